The third-order valence-electron chi connectivity index (χ3n) is 2.89. The van der Waals surface area contributed by atoms with Gasteiger partial charge in [0.05, 0.1) is 22.6 Å². The molecular weight excluding hydrogens is 250 g/mol. The maximum absolute atomic E-state index is 6.01. The first-order chi connectivity index (χ1) is 8.56. The van der Waals surface area contributed by atoms with Crippen molar-refractivity contribution < 1.29 is 4.42 Å². The minimum Gasteiger partial charge on any atom is -0.444 e. The molecule has 0 atom stereocenters. The van der Waals surface area contributed by atoms with E-state index in [9.17, 15) is 0 Å². The van der Waals surface area contributed by atoms with Gasteiger partial charge in [-0.25, -0.2) is 9.50 Å². The van der Waals surface area contributed by atoms with Crippen LogP contribution in [0.25, 0.3) is 17.0 Å². The summed E-state index contributed by atoms with van der Waals surface area (Å²) >= 11 is 6.01. The fourth-order valence-corrected chi connectivity index (χ4v) is 2.36. The zero-order valence-corrected chi connectivity index (χ0v) is 11.1. The molecular formula is C13H12ClN3O. The minimum atomic E-state index is 0.479. The third kappa shape index (κ3) is 1.61. The first-order valence-electron chi connectivity index (χ1n) is 5.64. The van der Waals surface area contributed by atoms with E-state index in [1.165, 1.54) is 0 Å². The van der Waals surface area contributed by atoms with Gasteiger partial charge < -0.3 is 4.42 Å². The molecule has 0 aliphatic rings. The largest absolute Gasteiger partial charge is 0.444 e. The Hall–Kier alpha value is -1.81. The number of aryl methyl sites for hydroxylation is 3. The highest BCUT2D eigenvalue weighted by atomic mass is 35.5. The molecule has 0 radical (unpaired) electrons. The van der Waals surface area contributed by atoms with Crippen molar-refractivity contribution in [3.63, 3.8) is 0 Å². The molecule has 0 amide bonds. The van der Waals surface area contributed by atoms with Crippen LogP contribution in [0, 0.1) is 20.8 Å². The van der Waals surface area contributed by atoms with Gasteiger partial charge in [0.25, 0.3) is 0 Å². The van der Waals surface area contributed by atoms with Gasteiger partial charge in [-0.1, -0.05) is 11.6 Å². The van der Waals surface area contributed by atoms with Gasteiger partial charge in [0.1, 0.15) is 11.4 Å². The SMILES string of the molecule is Cc1cc(Cl)nc(-c2c(C)nn3c(C)coc23)c1. The average molecular weight is 262 g/mol. The quantitative estimate of drug-likeness (QED) is 0.629. The Labute approximate surface area is 109 Å². The van der Waals surface area contributed by atoms with Gasteiger partial charge in [0, 0.05) is 0 Å². The molecule has 0 aliphatic heterocycles. The van der Waals surface area contributed by atoms with E-state index in [4.69, 9.17) is 16.0 Å². The summed E-state index contributed by atoms with van der Waals surface area (Å²) in [5.74, 6) is 0. The van der Waals surface area contributed by atoms with Gasteiger partial charge in [-0.15, -0.1) is 0 Å². The second-order valence-corrected chi connectivity index (χ2v) is 4.79. The highest BCUT2D eigenvalue weighted by Gasteiger charge is 2.17. The van der Waals surface area contributed by atoms with Crippen molar-refractivity contribution in [1.29, 1.82) is 0 Å². The van der Waals surface area contributed by atoms with Crippen molar-refractivity contribution in [3.8, 4) is 11.3 Å². The summed E-state index contributed by atoms with van der Waals surface area (Å²) in [6.45, 7) is 5.87. The predicted molar refractivity (Wildman–Crippen MR) is 69.9 cm³/mol. The zero-order valence-electron chi connectivity index (χ0n) is 10.4. The molecule has 0 fully saturated rings. The fraction of sp³-hybridized carbons (Fsp3) is 0.231. The van der Waals surface area contributed by atoms with Crippen LogP contribution in [-0.2, 0) is 0 Å². The lowest BCUT2D eigenvalue weighted by Crippen LogP contribution is -1.87. The average Bonchev–Trinajstić information content (AvgIpc) is 2.77. The van der Waals surface area contributed by atoms with Gasteiger partial charge in [-0.05, 0) is 38.5 Å². The van der Waals surface area contributed by atoms with Crippen molar-refractivity contribution in [1.82, 2.24) is 14.6 Å². The number of halogens is 1. The maximum atomic E-state index is 6.01. The third-order valence-corrected chi connectivity index (χ3v) is 3.08. The monoisotopic (exact) mass is 261 g/mol. The summed E-state index contributed by atoms with van der Waals surface area (Å²) in [5.41, 5.74) is 5.30. The van der Waals surface area contributed by atoms with E-state index < -0.39 is 0 Å². The Balaban J connectivity index is 2.33. The van der Waals surface area contributed by atoms with Crippen molar-refractivity contribution >= 4 is 17.3 Å². The lowest BCUT2D eigenvalue weighted by molar-refractivity contribution is 0.606. The Morgan fingerprint density at radius 2 is 2.00 bits per heavy atom. The van der Waals surface area contributed by atoms with E-state index in [0.717, 1.165) is 28.2 Å². The van der Waals surface area contributed by atoms with Gasteiger partial charge >= 0.3 is 0 Å². The number of rotatable bonds is 1. The second kappa shape index (κ2) is 3.85. The molecule has 92 valence electrons. The van der Waals surface area contributed by atoms with Crippen LogP contribution < -0.4 is 0 Å². The van der Waals surface area contributed by atoms with E-state index in [2.05, 4.69) is 10.1 Å². The number of oxazole rings is 1. The number of fused-ring (bicyclic) bond motifs is 1. The molecule has 18 heavy (non-hydrogen) atoms. The number of aromatic nitrogens is 3. The number of hydrogen-bond donors (Lipinski definition) is 0. The van der Waals surface area contributed by atoms with Crippen molar-refractivity contribution in [2.75, 3.05) is 0 Å². The molecule has 3 aromatic heterocycles. The van der Waals surface area contributed by atoms with E-state index in [1.807, 2.05) is 32.9 Å². The predicted octanol–water partition coefficient (Wildman–Crippen LogP) is 3.57. The summed E-state index contributed by atoms with van der Waals surface area (Å²) < 4.78 is 7.33. The Morgan fingerprint density at radius 1 is 1.22 bits per heavy atom. The Kier molecular flexibility index (Phi) is 2.41. The van der Waals surface area contributed by atoms with Crippen LogP contribution in [0.15, 0.2) is 22.8 Å². The van der Waals surface area contributed by atoms with Crippen LogP contribution in [0.4, 0.5) is 0 Å². The summed E-state index contributed by atoms with van der Waals surface area (Å²) in [6, 6.07) is 3.81. The van der Waals surface area contributed by atoms with Crippen LogP contribution in [0.3, 0.4) is 0 Å². The Bertz CT molecular complexity index is 722. The summed E-state index contributed by atoms with van der Waals surface area (Å²) in [5, 5.41) is 4.93. The highest BCUT2D eigenvalue weighted by Crippen LogP contribution is 2.29. The molecule has 0 spiro atoms. The molecule has 3 heterocycles. The van der Waals surface area contributed by atoms with Crippen molar-refractivity contribution in [3.05, 3.63) is 40.5 Å². The molecule has 0 aliphatic carbocycles. The van der Waals surface area contributed by atoms with E-state index >= 15 is 0 Å². The Morgan fingerprint density at radius 3 is 2.72 bits per heavy atom. The molecule has 0 aromatic carbocycles. The lowest BCUT2D eigenvalue weighted by atomic mass is 10.1. The molecule has 3 aromatic rings. The van der Waals surface area contributed by atoms with Crippen molar-refractivity contribution in [2.45, 2.75) is 20.8 Å². The standard InChI is InChI=1S/C13H12ClN3O/c1-7-4-10(15-11(14)5-7)12-9(3)16-17-8(2)6-18-13(12)17/h4-6H,1-3H3. The molecule has 0 saturated carbocycles. The minimum absolute atomic E-state index is 0.479. The summed E-state index contributed by atoms with van der Waals surface area (Å²) in [7, 11) is 0. The smallest absolute Gasteiger partial charge is 0.231 e. The lowest BCUT2D eigenvalue weighted by Gasteiger charge is -2.01. The first-order valence-corrected chi connectivity index (χ1v) is 6.02. The van der Waals surface area contributed by atoms with Gasteiger partial charge in [-0.2, -0.15) is 5.10 Å². The molecule has 0 saturated heterocycles. The van der Waals surface area contributed by atoms with Gasteiger partial charge in [-0.3, -0.25) is 0 Å². The van der Waals surface area contributed by atoms with E-state index in [1.54, 1.807) is 10.8 Å². The molecule has 0 N–H and O–H groups in total. The highest BCUT2D eigenvalue weighted by molar-refractivity contribution is 6.29. The summed E-state index contributed by atoms with van der Waals surface area (Å²) in [4.78, 5) is 4.35. The number of pyridine rings is 1. The first kappa shape index (κ1) is 11.3. The molecule has 3 rings (SSSR count). The number of hydrogen-bond acceptors (Lipinski definition) is 3. The number of nitrogens with zero attached hydrogens (tertiary/aromatic N) is 3. The molecule has 0 bridgehead atoms. The normalized spacial score (nSPS) is 11.3. The van der Waals surface area contributed by atoms with Gasteiger partial charge in [0.15, 0.2) is 0 Å². The van der Waals surface area contributed by atoms with Crippen LogP contribution in [0.2, 0.25) is 5.15 Å². The summed E-state index contributed by atoms with van der Waals surface area (Å²) in [6.07, 6.45) is 1.68. The fourth-order valence-electron chi connectivity index (χ4n) is 2.09. The van der Waals surface area contributed by atoms with Crippen LogP contribution in [0.5, 0.6) is 0 Å². The van der Waals surface area contributed by atoms with Gasteiger partial charge in [0.2, 0.25) is 5.71 Å². The maximum Gasteiger partial charge on any atom is 0.231 e. The van der Waals surface area contributed by atoms with Crippen LogP contribution in [0.1, 0.15) is 17.0 Å². The topological polar surface area (TPSA) is 43.3 Å². The molecule has 5 heteroatoms. The van der Waals surface area contributed by atoms with E-state index in [0.29, 0.717) is 10.9 Å². The van der Waals surface area contributed by atoms with E-state index in [-0.39, 0.29) is 0 Å². The van der Waals surface area contributed by atoms with Crippen molar-refractivity contribution in [2.24, 2.45) is 0 Å². The molecule has 4 nitrogen and oxygen atoms in total. The van der Waals surface area contributed by atoms with Crippen LogP contribution >= 0.6 is 11.6 Å². The van der Waals surface area contributed by atoms with Crippen LogP contribution in [-0.4, -0.2) is 14.6 Å². The zero-order chi connectivity index (χ0) is 12.9. The molecule has 0 unspecified atom stereocenters. The second-order valence-electron chi connectivity index (χ2n) is 4.41.